The van der Waals surface area contributed by atoms with Crippen molar-refractivity contribution < 1.29 is 14.7 Å². The molecule has 0 aromatic carbocycles. The summed E-state index contributed by atoms with van der Waals surface area (Å²) in [6.45, 7) is 8.06. The van der Waals surface area contributed by atoms with Crippen LogP contribution >= 0.6 is 0 Å². The van der Waals surface area contributed by atoms with E-state index in [-0.39, 0.29) is 34.9 Å². The molecule has 0 radical (unpaired) electrons. The fourth-order valence-corrected chi connectivity index (χ4v) is 3.23. The highest BCUT2D eigenvalue weighted by molar-refractivity contribution is 5.76. The fourth-order valence-electron chi connectivity index (χ4n) is 3.23. The SMILES string of the molecule is CC1C(NC(=O)NC2(C)CC2)CCC(C(=O)O)C1(C)C. The van der Waals surface area contributed by atoms with Gasteiger partial charge in [0.25, 0.3) is 0 Å². The number of carbonyl (C=O) groups is 2. The van der Waals surface area contributed by atoms with Gasteiger partial charge in [0.2, 0.25) is 0 Å². The predicted molar refractivity (Wildman–Crippen MR) is 76.4 cm³/mol. The van der Waals surface area contributed by atoms with E-state index in [9.17, 15) is 14.7 Å². The van der Waals surface area contributed by atoms with Crippen LogP contribution in [0.15, 0.2) is 0 Å². The average molecular weight is 282 g/mol. The van der Waals surface area contributed by atoms with Crippen LogP contribution in [0.1, 0.15) is 53.4 Å². The lowest BCUT2D eigenvalue weighted by atomic mass is 9.61. The first-order valence-corrected chi connectivity index (χ1v) is 7.47. The largest absolute Gasteiger partial charge is 0.481 e. The third-order valence-electron chi connectivity index (χ3n) is 5.47. The molecule has 2 aliphatic rings. The van der Waals surface area contributed by atoms with Crippen LogP contribution in [0.3, 0.4) is 0 Å². The number of hydrogen-bond donors (Lipinski definition) is 3. The molecule has 2 amide bonds. The highest BCUT2D eigenvalue weighted by atomic mass is 16.4. The van der Waals surface area contributed by atoms with Crippen molar-refractivity contribution in [2.45, 2.75) is 65.0 Å². The number of amides is 2. The molecule has 3 N–H and O–H groups in total. The Balaban J connectivity index is 1.97. The van der Waals surface area contributed by atoms with Crippen molar-refractivity contribution in [1.29, 1.82) is 0 Å². The molecule has 2 aliphatic carbocycles. The molecule has 2 fully saturated rings. The van der Waals surface area contributed by atoms with Crippen molar-refractivity contribution in [3.05, 3.63) is 0 Å². The monoisotopic (exact) mass is 282 g/mol. The van der Waals surface area contributed by atoms with Crippen LogP contribution in [0.25, 0.3) is 0 Å². The van der Waals surface area contributed by atoms with Gasteiger partial charge in [-0.2, -0.15) is 0 Å². The number of urea groups is 1. The maximum atomic E-state index is 12.0. The Bertz CT molecular complexity index is 415. The van der Waals surface area contributed by atoms with Gasteiger partial charge in [0, 0.05) is 11.6 Å². The number of aliphatic carboxylic acids is 1. The van der Waals surface area contributed by atoms with Gasteiger partial charge < -0.3 is 15.7 Å². The quantitative estimate of drug-likeness (QED) is 0.743. The third kappa shape index (κ3) is 2.91. The standard InChI is InChI=1S/C15H26N2O3/c1-9-11(16-13(20)17-15(4)7-8-15)6-5-10(12(18)19)14(9,2)3/h9-11H,5-8H2,1-4H3,(H,18,19)(H2,16,17,20). The van der Waals surface area contributed by atoms with E-state index in [4.69, 9.17) is 0 Å². The summed E-state index contributed by atoms with van der Waals surface area (Å²) in [7, 11) is 0. The molecule has 0 aromatic rings. The molecule has 2 saturated carbocycles. The summed E-state index contributed by atoms with van der Waals surface area (Å²) in [4.78, 5) is 23.3. The molecule has 3 atom stereocenters. The van der Waals surface area contributed by atoms with Crippen LogP contribution in [0.4, 0.5) is 4.79 Å². The number of carbonyl (C=O) groups excluding carboxylic acids is 1. The van der Waals surface area contributed by atoms with Crippen molar-refractivity contribution in [1.82, 2.24) is 10.6 Å². The molecule has 0 aliphatic heterocycles. The van der Waals surface area contributed by atoms with Gasteiger partial charge in [0.15, 0.2) is 0 Å². The van der Waals surface area contributed by atoms with Crippen molar-refractivity contribution in [2.24, 2.45) is 17.3 Å². The average Bonchev–Trinajstić information content (AvgIpc) is 3.02. The molecule has 0 saturated heterocycles. The van der Waals surface area contributed by atoms with Crippen molar-refractivity contribution in [3.63, 3.8) is 0 Å². The highest BCUT2D eigenvalue weighted by Crippen LogP contribution is 2.45. The van der Waals surface area contributed by atoms with Crippen molar-refractivity contribution >= 4 is 12.0 Å². The Hall–Kier alpha value is -1.26. The first-order chi connectivity index (χ1) is 9.16. The minimum Gasteiger partial charge on any atom is -0.481 e. The summed E-state index contributed by atoms with van der Waals surface area (Å²) in [6.07, 6.45) is 3.42. The second-order valence-electron chi connectivity index (χ2n) is 7.34. The zero-order valence-corrected chi connectivity index (χ0v) is 12.8. The Morgan fingerprint density at radius 2 is 1.75 bits per heavy atom. The number of carboxylic acids is 1. The highest BCUT2D eigenvalue weighted by Gasteiger charge is 2.47. The number of hydrogen-bond acceptors (Lipinski definition) is 2. The van der Waals surface area contributed by atoms with Gasteiger partial charge in [0.05, 0.1) is 5.92 Å². The van der Waals surface area contributed by atoms with Gasteiger partial charge in [0.1, 0.15) is 0 Å². The summed E-state index contributed by atoms with van der Waals surface area (Å²) in [5.74, 6) is -0.926. The normalized spacial score (nSPS) is 34.1. The number of nitrogens with one attached hydrogen (secondary N) is 2. The van der Waals surface area contributed by atoms with Crippen molar-refractivity contribution in [3.8, 4) is 0 Å². The van der Waals surface area contributed by atoms with Crippen molar-refractivity contribution in [2.75, 3.05) is 0 Å². The van der Waals surface area contributed by atoms with E-state index in [1.165, 1.54) is 0 Å². The van der Waals surface area contributed by atoms with E-state index < -0.39 is 5.97 Å². The molecule has 2 rings (SSSR count). The molecule has 114 valence electrons. The van der Waals surface area contributed by atoms with Crippen LogP contribution in [0.2, 0.25) is 0 Å². The number of rotatable bonds is 3. The van der Waals surface area contributed by atoms with Crippen LogP contribution in [-0.2, 0) is 4.79 Å². The maximum absolute atomic E-state index is 12.0. The summed E-state index contributed by atoms with van der Waals surface area (Å²) >= 11 is 0. The summed E-state index contributed by atoms with van der Waals surface area (Å²) < 4.78 is 0. The second kappa shape index (κ2) is 4.93. The fraction of sp³-hybridized carbons (Fsp3) is 0.867. The maximum Gasteiger partial charge on any atom is 0.315 e. The lowest BCUT2D eigenvalue weighted by Crippen LogP contribution is -2.55. The van der Waals surface area contributed by atoms with Crippen LogP contribution in [0.5, 0.6) is 0 Å². The molecule has 3 unspecified atom stereocenters. The van der Waals surface area contributed by atoms with Gasteiger partial charge >= 0.3 is 12.0 Å². The Labute approximate surface area is 120 Å². The summed E-state index contributed by atoms with van der Waals surface area (Å²) in [6, 6.07) is -0.0747. The van der Waals surface area contributed by atoms with E-state index >= 15 is 0 Å². The summed E-state index contributed by atoms with van der Waals surface area (Å²) in [5.41, 5.74) is -0.341. The molecule has 5 heteroatoms. The van der Waals surface area contributed by atoms with E-state index in [1.807, 2.05) is 27.7 Å². The van der Waals surface area contributed by atoms with E-state index in [0.717, 1.165) is 19.3 Å². The molecule has 5 nitrogen and oxygen atoms in total. The van der Waals surface area contributed by atoms with Gasteiger partial charge in [-0.25, -0.2) is 4.79 Å². The van der Waals surface area contributed by atoms with Crippen LogP contribution < -0.4 is 10.6 Å². The molecule has 20 heavy (non-hydrogen) atoms. The van der Waals surface area contributed by atoms with E-state index in [0.29, 0.717) is 6.42 Å². The Kier molecular flexibility index (Phi) is 3.73. The number of carboxylic acid groups (broad SMARTS) is 1. The smallest absolute Gasteiger partial charge is 0.315 e. The zero-order valence-electron chi connectivity index (χ0n) is 12.8. The predicted octanol–water partition coefficient (Wildman–Crippen LogP) is 2.36. The van der Waals surface area contributed by atoms with Crippen LogP contribution in [0, 0.1) is 17.3 Å². The topological polar surface area (TPSA) is 78.4 Å². The Morgan fingerprint density at radius 1 is 1.15 bits per heavy atom. The van der Waals surface area contributed by atoms with Gasteiger partial charge in [-0.3, -0.25) is 4.79 Å². The minimum absolute atomic E-state index is 0.0267. The molecule has 0 aromatic heterocycles. The third-order valence-corrected chi connectivity index (χ3v) is 5.47. The van der Waals surface area contributed by atoms with Crippen LogP contribution in [-0.4, -0.2) is 28.7 Å². The van der Waals surface area contributed by atoms with Gasteiger partial charge in [-0.05, 0) is 43.9 Å². The van der Waals surface area contributed by atoms with Gasteiger partial charge in [-0.15, -0.1) is 0 Å². The first-order valence-electron chi connectivity index (χ1n) is 7.47. The van der Waals surface area contributed by atoms with E-state index in [2.05, 4.69) is 10.6 Å². The lowest BCUT2D eigenvalue weighted by molar-refractivity contribution is -0.150. The Morgan fingerprint density at radius 3 is 2.25 bits per heavy atom. The molecule has 0 bridgehead atoms. The second-order valence-corrected chi connectivity index (χ2v) is 7.34. The lowest BCUT2D eigenvalue weighted by Gasteiger charge is -2.46. The summed E-state index contributed by atoms with van der Waals surface area (Å²) in [5, 5.41) is 15.4. The zero-order chi connectivity index (χ0) is 15.1. The molecular formula is C15H26N2O3. The van der Waals surface area contributed by atoms with E-state index in [1.54, 1.807) is 0 Å². The molecule has 0 heterocycles. The van der Waals surface area contributed by atoms with Gasteiger partial charge in [-0.1, -0.05) is 20.8 Å². The molecule has 0 spiro atoms. The molecular weight excluding hydrogens is 256 g/mol. The first kappa shape index (κ1) is 15.1. The minimum atomic E-state index is -0.727.